The number of anilines is 1. The van der Waals surface area contributed by atoms with Crippen molar-refractivity contribution in [1.82, 2.24) is 5.32 Å². The minimum Gasteiger partial charge on any atom is -0.496 e. The molecule has 0 aliphatic heterocycles. The van der Waals surface area contributed by atoms with Crippen LogP contribution in [0.5, 0.6) is 5.75 Å². The van der Waals surface area contributed by atoms with E-state index in [1.807, 2.05) is 13.8 Å². The number of benzene rings is 2. The number of methoxy groups -OCH3 is 1. The van der Waals surface area contributed by atoms with Crippen LogP contribution in [0.4, 0.5) is 5.69 Å². The number of hydrogen-bond donors (Lipinski definition) is 3. The van der Waals surface area contributed by atoms with Crippen LogP contribution < -0.4 is 15.4 Å². The molecule has 7 heteroatoms. The highest BCUT2D eigenvalue weighted by Gasteiger charge is 2.26. The molecule has 2 rings (SSSR count). The lowest BCUT2D eigenvalue weighted by Gasteiger charge is -2.22. The summed E-state index contributed by atoms with van der Waals surface area (Å²) in [7, 11) is 1.47. The first-order valence-electron chi connectivity index (χ1n) is 8.41. The first-order chi connectivity index (χ1) is 12.8. The van der Waals surface area contributed by atoms with E-state index in [1.54, 1.807) is 24.3 Å². The van der Waals surface area contributed by atoms with Crippen molar-refractivity contribution in [2.45, 2.75) is 19.9 Å². The normalized spacial score (nSPS) is 11.6. The van der Waals surface area contributed by atoms with Gasteiger partial charge in [-0.15, -0.1) is 0 Å². The second-order valence-electron chi connectivity index (χ2n) is 6.27. The molecule has 0 saturated carbocycles. The Kier molecular flexibility index (Phi) is 6.54. The average Bonchev–Trinajstić information content (AvgIpc) is 2.65. The van der Waals surface area contributed by atoms with Crippen molar-refractivity contribution >= 4 is 23.5 Å². The van der Waals surface area contributed by atoms with Gasteiger partial charge in [-0.2, -0.15) is 0 Å². The molecule has 2 aromatic rings. The molecule has 0 aliphatic rings. The smallest absolute Gasteiger partial charge is 0.335 e. The third-order valence-electron chi connectivity index (χ3n) is 3.99. The summed E-state index contributed by atoms with van der Waals surface area (Å²) in [5, 5.41) is 14.4. The van der Waals surface area contributed by atoms with Gasteiger partial charge >= 0.3 is 5.97 Å². The average molecular weight is 370 g/mol. The van der Waals surface area contributed by atoms with Gasteiger partial charge in [-0.05, 0) is 42.3 Å². The quantitative estimate of drug-likeness (QED) is 0.695. The summed E-state index contributed by atoms with van der Waals surface area (Å²) < 4.78 is 5.19. The zero-order valence-electron chi connectivity index (χ0n) is 15.4. The second kappa shape index (κ2) is 8.84. The number of carboxylic acid groups (broad SMARTS) is 1. The molecule has 1 unspecified atom stereocenters. The van der Waals surface area contributed by atoms with Crippen LogP contribution in [0.1, 0.15) is 34.6 Å². The molecule has 0 aliphatic carbocycles. The van der Waals surface area contributed by atoms with Crippen molar-refractivity contribution in [3.8, 4) is 5.75 Å². The second-order valence-corrected chi connectivity index (χ2v) is 6.27. The number of ether oxygens (including phenoxy) is 1. The van der Waals surface area contributed by atoms with E-state index in [0.29, 0.717) is 17.0 Å². The van der Waals surface area contributed by atoms with Crippen molar-refractivity contribution in [2.24, 2.45) is 5.92 Å². The largest absolute Gasteiger partial charge is 0.496 e. The molecule has 2 aromatic carbocycles. The molecular weight excluding hydrogens is 348 g/mol. The maximum Gasteiger partial charge on any atom is 0.335 e. The summed E-state index contributed by atoms with van der Waals surface area (Å²) in [5.74, 6) is -1.60. The van der Waals surface area contributed by atoms with Crippen LogP contribution in [-0.2, 0) is 4.79 Å². The Morgan fingerprint density at radius 2 is 1.63 bits per heavy atom. The van der Waals surface area contributed by atoms with Gasteiger partial charge in [0.2, 0.25) is 5.91 Å². The van der Waals surface area contributed by atoms with Crippen LogP contribution in [0.15, 0.2) is 48.5 Å². The van der Waals surface area contributed by atoms with Gasteiger partial charge in [0.15, 0.2) is 0 Å². The number of carbonyl (C=O) groups excluding carboxylic acids is 2. The highest BCUT2D eigenvalue weighted by atomic mass is 16.5. The van der Waals surface area contributed by atoms with Crippen LogP contribution in [0.25, 0.3) is 0 Å². The number of carboxylic acids is 1. The maximum absolute atomic E-state index is 12.6. The fourth-order valence-corrected chi connectivity index (χ4v) is 2.50. The number of rotatable bonds is 7. The van der Waals surface area contributed by atoms with Gasteiger partial charge in [-0.3, -0.25) is 9.59 Å². The lowest BCUT2D eigenvalue weighted by Crippen LogP contribution is -2.47. The van der Waals surface area contributed by atoms with Gasteiger partial charge in [-0.25, -0.2) is 4.79 Å². The van der Waals surface area contributed by atoms with E-state index in [0.717, 1.165) is 0 Å². The molecular formula is C20H22N2O5. The minimum atomic E-state index is -1.04. The number of nitrogens with one attached hydrogen (secondary N) is 2. The van der Waals surface area contributed by atoms with Gasteiger partial charge in [0, 0.05) is 5.69 Å². The van der Waals surface area contributed by atoms with Crippen molar-refractivity contribution in [3.05, 3.63) is 59.7 Å². The number of carbonyl (C=O) groups is 3. The van der Waals surface area contributed by atoms with Gasteiger partial charge in [-0.1, -0.05) is 26.0 Å². The first kappa shape index (κ1) is 20.0. The van der Waals surface area contributed by atoms with E-state index in [1.165, 1.54) is 31.4 Å². The monoisotopic (exact) mass is 370 g/mol. The number of para-hydroxylation sites is 1. The van der Waals surface area contributed by atoms with E-state index in [-0.39, 0.29) is 11.5 Å². The van der Waals surface area contributed by atoms with Crippen LogP contribution in [0.2, 0.25) is 0 Å². The summed E-state index contributed by atoms with van der Waals surface area (Å²) in [6.07, 6.45) is 0. The Bertz CT molecular complexity index is 831. The molecule has 27 heavy (non-hydrogen) atoms. The van der Waals surface area contributed by atoms with Gasteiger partial charge in [0.25, 0.3) is 5.91 Å². The number of amides is 2. The molecule has 0 bridgehead atoms. The molecule has 7 nitrogen and oxygen atoms in total. The lowest BCUT2D eigenvalue weighted by atomic mass is 10.0. The Labute approximate surface area is 157 Å². The predicted molar refractivity (Wildman–Crippen MR) is 101 cm³/mol. The van der Waals surface area contributed by atoms with E-state index in [9.17, 15) is 14.4 Å². The molecule has 2 amide bonds. The Hall–Kier alpha value is -3.35. The fourth-order valence-electron chi connectivity index (χ4n) is 2.50. The zero-order valence-corrected chi connectivity index (χ0v) is 15.4. The maximum atomic E-state index is 12.6. The summed E-state index contributed by atoms with van der Waals surface area (Å²) in [6.45, 7) is 3.64. The standard InChI is InChI=1S/C20H22N2O5/c1-12(2)17(22-18(23)15-6-4-5-7-16(15)27-3)19(24)21-14-10-8-13(9-11-14)20(25)26/h4-12,17H,1-3H3,(H,21,24)(H,22,23)(H,25,26). The van der Waals surface area contributed by atoms with Crippen LogP contribution in [-0.4, -0.2) is 36.0 Å². The molecule has 0 aromatic heterocycles. The van der Waals surface area contributed by atoms with Crippen molar-refractivity contribution in [2.75, 3.05) is 12.4 Å². The van der Waals surface area contributed by atoms with Crippen LogP contribution in [0, 0.1) is 5.92 Å². The van der Waals surface area contributed by atoms with E-state index in [2.05, 4.69) is 10.6 Å². The van der Waals surface area contributed by atoms with E-state index >= 15 is 0 Å². The van der Waals surface area contributed by atoms with Gasteiger partial charge in [0.1, 0.15) is 11.8 Å². The van der Waals surface area contributed by atoms with Crippen LogP contribution >= 0.6 is 0 Å². The molecule has 0 radical (unpaired) electrons. The van der Waals surface area contributed by atoms with E-state index in [4.69, 9.17) is 9.84 Å². The lowest BCUT2D eigenvalue weighted by molar-refractivity contribution is -0.118. The van der Waals surface area contributed by atoms with Crippen molar-refractivity contribution in [1.29, 1.82) is 0 Å². The van der Waals surface area contributed by atoms with Crippen molar-refractivity contribution < 1.29 is 24.2 Å². The minimum absolute atomic E-state index is 0.123. The molecule has 1 atom stereocenters. The van der Waals surface area contributed by atoms with E-state index < -0.39 is 23.8 Å². The number of hydrogen-bond acceptors (Lipinski definition) is 4. The highest BCUT2D eigenvalue weighted by Crippen LogP contribution is 2.18. The summed E-state index contributed by atoms with van der Waals surface area (Å²) >= 11 is 0. The summed E-state index contributed by atoms with van der Waals surface area (Å²) in [5.41, 5.74) is 0.907. The SMILES string of the molecule is COc1ccccc1C(=O)NC(C(=O)Nc1ccc(C(=O)O)cc1)C(C)C. The molecule has 0 spiro atoms. The zero-order chi connectivity index (χ0) is 20.0. The third kappa shape index (κ3) is 5.07. The number of aromatic carboxylic acids is 1. The van der Waals surface area contributed by atoms with Gasteiger partial charge in [0.05, 0.1) is 18.2 Å². The predicted octanol–water partition coefficient (Wildman–Crippen LogP) is 2.79. The summed E-state index contributed by atoms with van der Waals surface area (Å²) in [6, 6.07) is 11.8. The fraction of sp³-hybridized carbons (Fsp3) is 0.250. The molecule has 0 fully saturated rings. The Morgan fingerprint density at radius 3 is 2.19 bits per heavy atom. The molecule has 0 saturated heterocycles. The Morgan fingerprint density at radius 1 is 1.00 bits per heavy atom. The first-order valence-corrected chi connectivity index (χ1v) is 8.41. The molecule has 3 N–H and O–H groups in total. The summed E-state index contributed by atoms with van der Waals surface area (Å²) in [4.78, 5) is 36.1. The Balaban J connectivity index is 2.13. The molecule has 142 valence electrons. The highest BCUT2D eigenvalue weighted by molar-refractivity contribution is 6.02. The van der Waals surface area contributed by atoms with Crippen molar-refractivity contribution in [3.63, 3.8) is 0 Å². The third-order valence-corrected chi connectivity index (χ3v) is 3.99. The molecule has 0 heterocycles. The van der Waals surface area contributed by atoms with Crippen LogP contribution in [0.3, 0.4) is 0 Å². The van der Waals surface area contributed by atoms with Gasteiger partial charge < -0.3 is 20.5 Å². The topological polar surface area (TPSA) is 105 Å².